The Morgan fingerprint density at radius 3 is 1.94 bits per heavy atom. The van der Waals surface area contributed by atoms with Gasteiger partial charge in [0.05, 0.1) is 6.61 Å². The van der Waals surface area contributed by atoms with Crippen LogP contribution in [0.1, 0.15) is 12.8 Å². The molecule has 0 radical (unpaired) electrons. The molecule has 0 bridgehead atoms. The summed E-state index contributed by atoms with van der Waals surface area (Å²) >= 11 is 0. The first-order valence-corrected chi connectivity index (χ1v) is 4.43. The molecule has 0 atom stereocenters. The lowest BCUT2D eigenvalue weighted by Gasteiger charge is -2.40. The van der Waals surface area contributed by atoms with Crippen molar-refractivity contribution in [3.8, 4) is 12.3 Å². The lowest BCUT2D eigenvalue weighted by Crippen LogP contribution is -2.71. The Morgan fingerprint density at radius 2 is 1.61 bits per heavy atom. The van der Waals surface area contributed by atoms with E-state index in [1.165, 1.54) is 0 Å². The number of unbranched alkanes of at least 4 members (excludes halogenated alkanes) is 1. The average molecular weight is 277 g/mol. The van der Waals surface area contributed by atoms with Crippen LogP contribution in [-0.4, -0.2) is 30.5 Å². The summed E-state index contributed by atoms with van der Waals surface area (Å²) in [5.74, 6) is -0.904. The largest absolute Gasteiger partial charge is 0.828 e. The number of terminal acetylenes is 1. The molecule has 0 aliphatic carbocycles. The second-order valence-corrected chi connectivity index (χ2v) is 3.12. The number of halogens is 6. The first-order chi connectivity index (χ1) is 7.98. The quantitative estimate of drug-likeness (QED) is 0.335. The zero-order chi connectivity index (χ0) is 14.6. The molecule has 0 aromatic rings. The minimum atomic E-state index is -6.34. The Balaban J connectivity index is 4.92. The Labute approximate surface area is 97.7 Å². The smallest absolute Gasteiger partial charge is 0.399 e. The molecule has 104 valence electrons. The monoisotopic (exact) mass is 277 g/mol. The first kappa shape index (κ1) is 16.6. The summed E-state index contributed by atoms with van der Waals surface area (Å²) in [5, 5.41) is 10.7. The predicted octanol–water partition coefficient (Wildman–Crippen LogP) is 1.17. The number of rotatable bonds is 4. The van der Waals surface area contributed by atoms with Gasteiger partial charge < -0.3 is 9.84 Å². The molecule has 0 amide bonds. The van der Waals surface area contributed by atoms with Crippen molar-refractivity contribution in [1.29, 1.82) is 0 Å². The molecule has 3 nitrogen and oxygen atoms in total. The first-order valence-electron chi connectivity index (χ1n) is 4.43. The summed E-state index contributed by atoms with van der Waals surface area (Å²) in [4.78, 5) is 10.7. The van der Waals surface area contributed by atoms with Gasteiger partial charge in [-0.2, -0.15) is 26.3 Å². The molecule has 0 heterocycles. The van der Waals surface area contributed by atoms with Gasteiger partial charge in [-0.3, -0.25) is 4.79 Å². The summed E-state index contributed by atoms with van der Waals surface area (Å²) in [6.07, 6.45) is -8.08. The molecule has 0 saturated heterocycles. The highest BCUT2D eigenvalue weighted by Gasteiger charge is 2.68. The zero-order valence-corrected chi connectivity index (χ0v) is 8.69. The average Bonchev–Trinajstić information content (AvgIpc) is 2.19. The van der Waals surface area contributed by atoms with Crippen LogP contribution in [0.2, 0.25) is 0 Å². The summed E-state index contributed by atoms with van der Waals surface area (Å²) in [6.45, 7) is -0.792. The van der Waals surface area contributed by atoms with Gasteiger partial charge in [0.15, 0.2) is 5.60 Å². The fourth-order valence-corrected chi connectivity index (χ4v) is 0.833. The molecule has 0 aromatic carbocycles. The van der Waals surface area contributed by atoms with Crippen molar-refractivity contribution in [3.05, 3.63) is 0 Å². The Bertz CT molecular complexity index is 324. The van der Waals surface area contributed by atoms with Crippen LogP contribution in [0.4, 0.5) is 26.3 Å². The van der Waals surface area contributed by atoms with Crippen LogP contribution >= 0.6 is 0 Å². The molecular formula is C9H7F6O3-. The summed E-state index contributed by atoms with van der Waals surface area (Å²) < 4.78 is 76.0. The molecule has 0 aromatic heterocycles. The summed E-state index contributed by atoms with van der Waals surface area (Å²) in [5.41, 5.74) is -5.78. The van der Waals surface area contributed by atoms with E-state index in [9.17, 15) is 36.2 Å². The minimum absolute atomic E-state index is 0.0167. The van der Waals surface area contributed by atoms with Gasteiger partial charge >= 0.3 is 18.3 Å². The number of alkyl halides is 6. The predicted molar refractivity (Wildman–Crippen MR) is 43.9 cm³/mol. The van der Waals surface area contributed by atoms with Crippen LogP contribution in [0.15, 0.2) is 0 Å². The van der Waals surface area contributed by atoms with E-state index in [0.717, 1.165) is 0 Å². The van der Waals surface area contributed by atoms with Gasteiger partial charge in [-0.15, -0.1) is 12.3 Å². The van der Waals surface area contributed by atoms with E-state index >= 15 is 0 Å². The van der Waals surface area contributed by atoms with E-state index in [0.29, 0.717) is 0 Å². The maximum absolute atomic E-state index is 12.1. The van der Waals surface area contributed by atoms with Crippen LogP contribution in [0.25, 0.3) is 0 Å². The van der Waals surface area contributed by atoms with Gasteiger partial charge in [-0.1, -0.05) is 0 Å². The SMILES string of the molecule is C#CCCCOC(=O)C([O-])(C(F)(F)F)C(F)(F)F. The molecule has 0 aliphatic rings. The van der Waals surface area contributed by atoms with E-state index in [4.69, 9.17) is 6.42 Å². The Kier molecular flexibility index (Phi) is 5.04. The standard InChI is InChI=1S/C9H7F6O3/c1-2-3-4-5-18-6(16)7(17,8(10,11)12)9(13,14)15/h1H,3-5H2/q-1. The highest BCUT2D eigenvalue weighted by Crippen LogP contribution is 2.41. The van der Waals surface area contributed by atoms with Crippen LogP contribution in [0, 0.1) is 12.3 Å². The number of ether oxygens (including phenoxy) is 1. The van der Waals surface area contributed by atoms with Gasteiger partial charge in [0.1, 0.15) is 0 Å². The van der Waals surface area contributed by atoms with Crippen LogP contribution in [0.3, 0.4) is 0 Å². The van der Waals surface area contributed by atoms with Gasteiger partial charge in [0.2, 0.25) is 0 Å². The van der Waals surface area contributed by atoms with Crippen molar-refractivity contribution < 1.29 is 41.0 Å². The molecule has 18 heavy (non-hydrogen) atoms. The highest BCUT2D eigenvalue weighted by atomic mass is 19.4. The molecule has 0 saturated carbocycles. The molecule has 0 fully saturated rings. The van der Waals surface area contributed by atoms with Crippen molar-refractivity contribution in [2.45, 2.75) is 30.8 Å². The second kappa shape index (κ2) is 5.48. The van der Waals surface area contributed by atoms with E-state index in [2.05, 4.69) is 4.74 Å². The molecule has 0 unspecified atom stereocenters. The maximum atomic E-state index is 12.1. The van der Waals surface area contributed by atoms with Gasteiger partial charge in [-0.05, 0) is 6.42 Å². The van der Waals surface area contributed by atoms with Crippen LogP contribution in [-0.2, 0) is 9.53 Å². The maximum Gasteiger partial charge on any atom is 0.399 e. The van der Waals surface area contributed by atoms with E-state index in [1.807, 2.05) is 5.92 Å². The number of carbonyl (C=O) groups excluding carboxylic acids is 1. The van der Waals surface area contributed by atoms with Crippen molar-refractivity contribution in [2.75, 3.05) is 6.61 Å². The zero-order valence-electron chi connectivity index (χ0n) is 8.69. The molecule has 9 heteroatoms. The van der Waals surface area contributed by atoms with E-state index in [-0.39, 0.29) is 12.8 Å². The number of hydrogen-bond acceptors (Lipinski definition) is 3. The van der Waals surface area contributed by atoms with Crippen molar-refractivity contribution in [1.82, 2.24) is 0 Å². The molecular weight excluding hydrogens is 270 g/mol. The van der Waals surface area contributed by atoms with Crippen molar-refractivity contribution >= 4 is 5.97 Å². The molecule has 0 spiro atoms. The lowest BCUT2D eigenvalue weighted by atomic mass is 10.0. The number of carbonyl (C=O) groups is 1. The van der Waals surface area contributed by atoms with E-state index < -0.39 is 30.5 Å². The molecule has 0 aliphatic heterocycles. The van der Waals surface area contributed by atoms with Crippen LogP contribution < -0.4 is 5.11 Å². The van der Waals surface area contributed by atoms with Gasteiger partial charge in [0.25, 0.3) is 0 Å². The third-order valence-corrected chi connectivity index (χ3v) is 1.78. The summed E-state index contributed by atoms with van der Waals surface area (Å²) in [7, 11) is 0. The second-order valence-electron chi connectivity index (χ2n) is 3.12. The highest BCUT2D eigenvalue weighted by molar-refractivity contribution is 5.81. The Morgan fingerprint density at radius 1 is 1.17 bits per heavy atom. The normalized spacial score (nSPS) is 13.0. The number of esters is 1. The van der Waals surface area contributed by atoms with Crippen molar-refractivity contribution in [3.63, 3.8) is 0 Å². The van der Waals surface area contributed by atoms with Crippen molar-refractivity contribution in [2.24, 2.45) is 0 Å². The van der Waals surface area contributed by atoms with E-state index in [1.54, 1.807) is 0 Å². The molecule has 0 N–H and O–H groups in total. The Hall–Kier alpha value is -1.43. The third kappa shape index (κ3) is 3.29. The van der Waals surface area contributed by atoms with Gasteiger partial charge in [0, 0.05) is 6.42 Å². The third-order valence-electron chi connectivity index (χ3n) is 1.78. The molecule has 0 rings (SSSR count). The van der Waals surface area contributed by atoms with Gasteiger partial charge in [-0.25, -0.2) is 0 Å². The van der Waals surface area contributed by atoms with Crippen LogP contribution in [0.5, 0.6) is 0 Å². The fourth-order valence-electron chi connectivity index (χ4n) is 0.833. The lowest BCUT2D eigenvalue weighted by molar-refractivity contribution is -0.574. The topological polar surface area (TPSA) is 49.4 Å². The fraction of sp³-hybridized carbons (Fsp3) is 0.667. The summed E-state index contributed by atoms with van der Waals surface area (Å²) in [6, 6.07) is 0. The number of hydrogen-bond donors (Lipinski definition) is 0. The minimum Gasteiger partial charge on any atom is -0.828 e.